The Hall–Kier alpha value is -1.84. The number of carboxylic acids is 2. The SMILES string of the molecule is Cc1cc(CCCCCC2(C(=O)O)CC2)cc(CCCCCC(C)(C)C(=O)O)c1C. The van der Waals surface area contributed by atoms with Gasteiger partial charge in [-0.25, -0.2) is 0 Å². The van der Waals surface area contributed by atoms with Gasteiger partial charge in [-0.1, -0.05) is 37.8 Å². The number of rotatable bonds is 14. The minimum atomic E-state index is -0.711. The maximum Gasteiger partial charge on any atom is 0.309 e. The van der Waals surface area contributed by atoms with E-state index in [4.69, 9.17) is 0 Å². The van der Waals surface area contributed by atoms with Gasteiger partial charge in [0.15, 0.2) is 0 Å². The molecular weight excluding hydrogens is 376 g/mol. The summed E-state index contributed by atoms with van der Waals surface area (Å²) in [5, 5.41) is 18.5. The van der Waals surface area contributed by atoms with E-state index >= 15 is 0 Å². The number of aryl methyl sites for hydroxylation is 3. The fraction of sp³-hybridized carbons (Fsp3) is 0.692. The van der Waals surface area contributed by atoms with Crippen LogP contribution in [-0.2, 0) is 22.4 Å². The van der Waals surface area contributed by atoms with Gasteiger partial charge in [-0.05, 0) is 101 Å². The number of hydrogen-bond acceptors (Lipinski definition) is 2. The van der Waals surface area contributed by atoms with Crippen molar-refractivity contribution in [2.24, 2.45) is 10.8 Å². The molecule has 0 radical (unpaired) electrons. The molecule has 0 saturated heterocycles. The minimum Gasteiger partial charge on any atom is -0.481 e. The van der Waals surface area contributed by atoms with Crippen LogP contribution in [0.3, 0.4) is 0 Å². The third-order valence-corrected chi connectivity index (χ3v) is 7.09. The number of carbonyl (C=O) groups is 2. The Labute approximate surface area is 182 Å². The summed E-state index contributed by atoms with van der Waals surface area (Å²) in [5.74, 6) is -1.32. The summed E-state index contributed by atoms with van der Waals surface area (Å²) in [6, 6.07) is 4.65. The topological polar surface area (TPSA) is 74.6 Å². The first-order valence-electron chi connectivity index (χ1n) is 11.6. The van der Waals surface area contributed by atoms with E-state index in [0.29, 0.717) is 0 Å². The Kier molecular flexibility index (Phi) is 8.52. The van der Waals surface area contributed by atoms with Gasteiger partial charge >= 0.3 is 11.9 Å². The molecule has 0 unspecified atom stereocenters. The summed E-state index contributed by atoms with van der Waals surface area (Å²) in [6.07, 6.45) is 11.7. The van der Waals surface area contributed by atoms with E-state index in [2.05, 4.69) is 26.0 Å². The van der Waals surface area contributed by atoms with Crippen LogP contribution >= 0.6 is 0 Å². The molecule has 0 bridgehead atoms. The molecule has 1 saturated carbocycles. The zero-order valence-corrected chi connectivity index (χ0v) is 19.4. The predicted molar refractivity (Wildman–Crippen MR) is 121 cm³/mol. The van der Waals surface area contributed by atoms with Crippen molar-refractivity contribution < 1.29 is 19.8 Å². The fourth-order valence-electron chi connectivity index (χ4n) is 4.27. The lowest BCUT2D eigenvalue weighted by molar-refractivity contribution is -0.147. The Balaban J connectivity index is 1.75. The maximum atomic E-state index is 11.3. The minimum absolute atomic E-state index is 0.382. The van der Waals surface area contributed by atoms with E-state index in [1.807, 2.05) is 0 Å². The summed E-state index contributed by atoms with van der Waals surface area (Å²) in [5.41, 5.74) is 4.52. The Morgan fingerprint density at radius 2 is 1.57 bits per heavy atom. The zero-order valence-electron chi connectivity index (χ0n) is 19.4. The summed E-state index contributed by atoms with van der Waals surface area (Å²) in [4.78, 5) is 22.5. The van der Waals surface area contributed by atoms with Crippen molar-refractivity contribution in [3.63, 3.8) is 0 Å². The maximum absolute atomic E-state index is 11.3. The van der Waals surface area contributed by atoms with E-state index in [9.17, 15) is 19.8 Å². The molecule has 168 valence electrons. The van der Waals surface area contributed by atoms with Crippen LogP contribution in [0, 0.1) is 24.7 Å². The molecule has 1 fully saturated rings. The molecular formula is C26H40O4. The smallest absolute Gasteiger partial charge is 0.309 e. The molecule has 0 atom stereocenters. The van der Waals surface area contributed by atoms with E-state index in [0.717, 1.165) is 77.0 Å². The third-order valence-electron chi connectivity index (χ3n) is 7.09. The molecule has 2 rings (SSSR count). The molecule has 1 aliphatic carbocycles. The average Bonchev–Trinajstić information content (AvgIpc) is 3.46. The molecule has 0 amide bonds. The van der Waals surface area contributed by atoms with Gasteiger partial charge in [0.25, 0.3) is 0 Å². The highest BCUT2D eigenvalue weighted by Crippen LogP contribution is 2.50. The van der Waals surface area contributed by atoms with E-state index in [-0.39, 0.29) is 5.41 Å². The lowest BCUT2D eigenvalue weighted by atomic mass is 9.86. The van der Waals surface area contributed by atoms with Crippen LogP contribution in [0.15, 0.2) is 12.1 Å². The first-order valence-corrected chi connectivity index (χ1v) is 11.6. The largest absolute Gasteiger partial charge is 0.481 e. The van der Waals surface area contributed by atoms with Crippen molar-refractivity contribution in [1.29, 1.82) is 0 Å². The van der Waals surface area contributed by atoms with Crippen LogP contribution in [-0.4, -0.2) is 22.2 Å². The van der Waals surface area contributed by atoms with Crippen molar-refractivity contribution >= 4 is 11.9 Å². The zero-order chi connectivity index (χ0) is 22.4. The molecule has 4 heteroatoms. The predicted octanol–water partition coefficient (Wildman–Crippen LogP) is 6.48. The molecule has 2 N–H and O–H groups in total. The van der Waals surface area contributed by atoms with E-state index in [1.165, 1.54) is 22.3 Å². The van der Waals surface area contributed by atoms with Crippen molar-refractivity contribution in [1.82, 2.24) is 0 Å². The van der Waals surface area contributed by atoms with Gasteiger partial charge < -0.3 is 10.2 Å². The number of aliphatic carboxylic acids is 2. The second kappa shape index (κ2) is 10.5. The third kappa shape index (κ3) is 6.85. The first-order chi connectivity index (χ1) is 14.1. The van der Waals surface area contributed by atoms with E-state index < -0.39 is 17.4 Å². The lowest BCUT2D eigenvalue weighted by Crippen LogP contribution is -2.23. The molecule has 0 spiro atoms. The second-order valence-corrected chi connectivity index (χ2v) is 10.1. The molecule has 1 aliphatic rings. The van der Waals surface area contributed by atoms with Crippen molar-refractivity contribution in [2.75, 3.05) is 0 Å². The highest BCUT2D eigenvalue weighted by Gasteiger charge is 2.49. The molecule has 0 heterocycles. The summed E-state index contributed by atoms with van der Waals surface area (Å²) in [6.45, 7) is 7.99. The highest BCUT2D eigenvalue weighted by molar-refractivity contribution is 5.77. The molecule has 0 aromatic heterocycles. The van der Waals surface area contributed by atoms with Crippen molar-refractivity contribution in [3.05, 3.63) is 34.4 Å². The van der Waals surface area contributed by atoms with Gasteiger partial charge in [-0.2, -0.15) is 0 Å². The van der Waals surface area contributed by atoms with Crippen LogP contribution in [0.4, 0.5) is 0 Å². The van der Waals surface area contributed by atoms with Crippen LogP contribution < -0.4 is 0 Å². The summed E-state index contributed by atoms with van der Waals surface area (Å²) < 4.78 is 0. The Morgan fingerprint density at radius 3 is 2.17 bits per heavy atom. The van der Waals surface area contributed by atoms with E-state index in [1.54, 1.807) is 13.8 Å². The molecule has 4 nitrogen and oxygen atoms in total. The Bertz CT molecular complexity index is 744. The number of carboxylic acid groups (broad SMARTS) is 2. The average molecular weight is 417 g/mol. The van der Waals surface area contributed by atoms with Crippen LogP contribution in [0.25, 0.3) is 0 Å². The second-order valence-electron chi connectivity index (χ2n) is 10.1. The van der Waals surface area contributed by atoms with Crippen LogP contribution in [0.5, 0.6) is 0 Å². The number of benzene rings is 1. The van der Waals surface area contributed by atoms with Crippen molar-refractivity contribution in [2.45, 2.75) is 105 Å². The fourth-order valence-corrected chi connectivity index (χ4v) is 4.27. The summed E-state index contributed by atoms with van der Waals surface area (Å²) >= 11 is 0. The molecule has 0 aliphatic heterocycles. The van der Waals surface area contributed by atoms with Gasteiger partial charge in [0.2, 0.25) is 0 Å². The quantitative estimate of drug-likeness (QED) is 0.340. The molecule has 1 aromatic rings. The van der Waals surface area contributed by atoms with Gasteiger partial charge in [0.05, 0.1) is 10.8 Å². The Morgan fingerprint density at radius 1 is 0.933 bits per heavy atom. The normalized spacial score (nSPS) is 15.2. The molecule has 30 heavy (non-hydrogen) atoms. The van der Waals surface area contributed by atoms with Crippen molar-refractivity contribution in [3.8, 4) is 0 Å². The number of hydrogen-bond donors (Lipinski definition) is 2. The standard InChI is InChI=1S/C26H40O4/c1-19-17-21(11-7-5-10-14-26(15-16-26)24(29)30)18-22(20(19)2)12-8-6-9-13-25(3,4)23(27)28/h17-18H,5-16H2,1-4H3,(H,27,28)(H,29,30). The van der Waals surface area contributed by atoms with Crippen LogP contribution in [0.2, 0.25) is 0 Å². The monoisotopic (exact) mass is 416 g/mol. The van der Waals surface area contributed by atoms with Gasteiger partial charge in [-0.3, -0.25) is 9.59 Å². The lowest BCUT2D eigenvalue weighted by Gasteiger charge is -2.18. The van der Waals surface area contributed by atoms with Crippen LogP contribution in [0.1, 0.15) is 100 Å². The summed E-state index contributed by atoms with van der Waals surface area (Å²) in [7, 11) is 0. The first kappa shape index (κ1) is 24.4. The van der Waals surface area contributed by atoms with Gasteiger partial charge in [0, 0.05) is 0 Å². The highest BCUT2D eigenvalue weighted by atomic mass is 16.4. The van der Waals surface area contributed by atoms with Gasteiger partial charge in [-0.15, -0.1) is 0 Å². The van der Waals surface area contributed by atoms with Gasteiger partial charge in [0.1, 0.15) is 0 Å². The molecule has 1 aromatic carbocycles. The number of unbranched alkanes of at least 4 members (excludes halogenated alkanes) is 4.